The Hall–Kier alpha value is -0.540. The predicted octanol–water partition coefficient (Wildman–Crippen LogP) is 2.11. The Labute approximate surface area is 88.0 Å². The van der Waals surface area contributed by atoms with Crippen molar-refractivity contribution < 1.29 is 4.74 Å². The summed E-state index contributed by atoms with van der Waals surface area (Å²) in [6.07, 6.45) is 8.16. The fourth-order valence-corrected chi connectivity index (χ4v) is 2.84. The molecule has 0 radical (unpaired) electrons. The van der Waals surface area contributed by atoms with E-state index in [1.54, 1.807) is 0 Å². The fourth-order valence-electron chi connectivity index (χ4n) is 2.64. The Morgan fingerprint density at radius 1 is 1.57 bits per heavy atom. The molecular formula is C10H13ClN2O. The lowest BCUT2D eigenvalue weighted by Crippen LogP contribution is -2.21. The zero-order valence-corrected chi connectivity index (χ0v) is 8.65. The van der Waals surface area contributed by atoms with Crippen molar-refractivity contribution in [3.05, 3.63) is 18.2 Å². The molecule has 14 heavy (non-hydrogen) atoms. The molecule has 3 rings (SSSR count). The lowest BCUT2D eigenvalue weighted by molar-refractivity contribution is 0.0936. The Morgan fingerprint density at radius 3 is 3.14 bits per heavy atom. The molecule has 0 N–H and O–H groups in total. The molecular weight excluding hydrogens is 200 g/mol. The van der Waals surface area contributed by atoms with Gasteiger partial charge in [-0.25, -0.2) is 4.98 Å². The van der Waals surface area contributed by atoms with Gasteiger partial charge in [0, 0.05) is 6.20 Å². The summed E-state index contributed by atoms with van der Waals surface area (Å²) in [5, 5.41) is 0. The van der Waals surface area contributed by atoms with Crippen LogP contribution in [0, 0.1) is 0 Å². The fraction of sp³-hybridized carbons (Fsp3) is 0.700. The van der Waals surface area contributed by atoms with Gasteiger partial charge in [-0.3, -0.25) is 0 Å². The number of fused-ring (bicyclic) bond motifs is 2. The van der Waals surface area contributed by atoms with Crippen LogP contribution >= 0.6 is 11.6 Å². The summed E-state index contributed by atoms with van der Waals surface area (Å²) in [4.78, 5) is 4.14. The average molecular weight is 213 g/mol. The largest absolute Gasteiger partial charge is 0.373 e. The molecule has 2 saturated heterocycles. The number of alkyl halides is 1. The van der Waals surface area contributed by atoms with Gasteiger partial charge in [0.2, 0.25) is 0 Å². The Balaban J connectivity index is 1.89. The molecule has 4 heteroatoms. The van der Waals surface area contributed by atoms with Crippen LogP contribution in [0.25, 0.3) is 0 Å². The van der Waals surface area contributed by atoms with Crippen molar-refractivity contribution >= 4 is 11.6 Å². The topological polar surface area (TPSA) is 27.1 Å². The van der Waals surface area contributed by atoms with Crippen molar-refractivity contribution in [2.75, 3.05) is 0 Å². The molecule has 1 aromatic heterocycles. The molecule has 2 aliphatic heterocycles. The maximum atomic E-state index is 5.85. The smallest absolute Gasteiger partial charge is 0.0952 e. The Bertz CT molecular complexity index is 339. The summed E-state index contributed by atoms with van der Waals surface area (Å²) < 4.78 is 8.01. The summed E-state index contributed by atoms with van der Waals surface area (Å²) in [5.74, 6) is 0.536. The van der Waals surface area contributed by atoms with E-state index in [2.05, 4.69) is 9.55 Å². The molecule has 1 aromatic rings. The van der Waals surface area contributed by atoms with Crippen LogP contribution in [0.4, 0.5) is 0 Å². The second-order valence-electron chi connectivity index (χ2n) is 4.10. The van der Waals surface area contributed by atoms with E-state index in [9.17, 15) is 0 Å². The monoisotopic (exact) mass is 212 g/mol. The van der Waals surface area contributed by atoms with Crippen LogP contribution in [-0.2, 0) is 10.6 Å². The minimum absolute atomic E-state index is 0.399. The van der Waals surface area contributed by atoms with Gasteiger partial charge in [0.15, 0.2) is 0 Å². The number of hydrogen-bond donors (Lipinski definition) is 0. The molecule has 3 heterocycles. The summed E-state index contributed by atoms with van der Waals surface area (Å²) in [6, 6.07) is 0.477. The number of aromatic nitrogens is 2. The predicted molar refractivity (Wildman–Crippen MR) is 53.3 cm³/mol. The third-order valence-corrected chi connectivity index (χ3v) is 3.59. The van der Waals surface area contributed by atoms with Gasteiger partial charge in [-0.1, -0.05) is 0 Å². The number of nitrogens with zero attached hydrogens (tertiary/aromatic N) is 2. The highest BCUT2D eigenvalue weighted by Gasteiger charge is 2.41. The first-order chi connectivity index (χ1) is 6.88. The van der Waals surface area contributed by atoms with Crippen molar-refractivity contribution in [1.82, 2.24) is 9.55 Å². The molecule has 0 spiro atoms. The molecule has 0 aliphatic carbocycles. The van der Waals surface area contributed by atoms with Gasteiger partial charge in [-0.15, -0.1) is 11.6 Å². The third kappa shape index (κ3) is 1.19. The van der Waals surface area contributed by atoms with E-state index in [1.165, 1.54) is 12.8 Å². The maximum absolute atomic E-state index is 5.85. The Kier molecular flexibility index (Phi) is 2.03. The first kappa shape index (κ1) is 8.74. The van der Waals surface area contributed by atoms with E-state index in [0.717, 1.165) is 12.1 Å². The van der Waals surface area contributed by atoms with Crippen molar-refractivity contribution in [3.63, 3.8) is 0 Å². The van der Waals surface area contributed by atoms with E-state index in [1.807, 2.05) is 12.5 Å². The lowest BCUT2D eigenvalue weighted by Gasteiger charge is -2.21. The van der Waals surface area contributed by atoms with Gasteiger partial charge >= 0.3 is 0 Å². The second kappa shape index (κ2) is 3.24. The van der Waals surface area contributed by atoms with E-state index in [-0.39, 0.29) is 0 Å². The van der Waals surface area contributed by atoms with Crippen LogP contribution in [-0.4, -0.2) is 21.8 Å². The molecule has 2 aliphatic rings. The van der Waals surface area contributed by atoms with E-state index >= 15 is 0 Å². The standard InChI is InChI=1S/C10H13ClN2O/c11-4-7-5-12-6-13(7)9-3-8-1-2-10(9)14-8/h5-6,8-10H,1-4H2. The lowest BCUT2D eigenvalue weighted by atomic mass is 9.95. The van der Waals surface area contributed by atoms with Crippen molar-refractivity contribution in [2.24, 2.45) is 0 Å². The molecule has 3 nitrogen and oxygen atoms in total. The quantitative estimate of drug-likeness (QED) is 0.703. The SMILES string of the molecule is ClCc1cncn1C1CC2CCC1O2. The molecule has 0 amide bonds. The van der Waals surface area contributed by atoms with Crippen molar-refractivity contribution in [2.45, 2.75) is 43.4 Å². The van der Waals surface area contributed by atoms with Gasteiger partial charge in [-0.05, 0) is 19.3 Å². The van der Waals surface area contributed by atoms with E-state index in [0.29, 0.717) is 24.1 Å². The molecule has 3 atom stereocenters. The highest BCUT2D eigenvalue weighted by Crippen LogP contribution is 2.42. The first-order valence-electron chi connectivity index (χ1n) is 5.10. The zero-order valence-electron chi connectivity index (χ0n) is 7.90. The van der Waals surface area contributed by atoms with Gasteiger partial charge in [0.1, 0.15) is 0 Å². The number of hydrogen-bond acceptors (Lipinski definition) is 2. The molecule has 2 bridgehead atoms. The van der Waals surface area contributed by atoms with E-state index < -0.39 is 0 Å². The van der Waals surface area contributed by atoms with Crippen LogP contribution in [0.1, 0.15) is 31.0 Å². The summed E-state index contributed by atoms with van der Waals surface area (Å²) in [7, 11) is 0. The van der Waals surface area contributed by atoms with Crippen molar-refractivity contribution in [3.8, 4) is 0 Å². The van der Waals surface area contributed by atoms with Gasteiger partial charge in [0.25, 0.3) is 0 Å². The molecule has 0 aromatic carbocycles. The molecule has 0 saturated carbocycles. The van der Waals surface area contributed by atoms with Crippen LogP contribution in [0.2, 0.25) is 0 Å². The summed E-state index contributed by atoms with van der Waals surface area (Å²) in [5.41, 5.74) is 1.10. The number of ether oxygens (including phenoxy) is 1. The molecule has 3 unspecified atom stereocenters. The number of imidazole rings is 1. The second-order valence-corrected chi connectivity index (χ2v) is 4.37. The molecule has 2 fully saturated rings. The Morgan fingerprint density at radius 2 is 2.50 bits per heavy atom. The van der Waals surface area contributed by atoms with Crippen LogP contribution in [0.5, 0.6) is 0 Å². The van der Waals surface area contributed by atoms with Gasteiger partial charge < -0.3 is 9.30 Å². The average Bonchev–Trinajstić information content (AvgIpc) is 2.92. The maximum Gasteiger partial charge on any atom is 0.0952 e. The molecule has 76 valence electrons. The first-order valence-corrected chi connectivity index (χ1v) is 5.64. The minimum atomic E-state index is 0.399. The van der Waals surface area contributed by atoms with E-state index in [4.69, 9.17) is 16.3 Å². The number of halogens is 1. The van der Waals surface area contributed by atoms with Crippen molar-refractivity contribution in [1.29, 1.82) is 0 Å². The van der Waals surface area contributed by atoms with Gasteiger partial charge in [0.05, 0.1) is 36.2 Å². The summed E-state index contributed by atoms with van der Waals surface area (Å²) >= 11 is 5.85. The van der Waals surface area contributed by atoms with Gasteiger partial charge in [-0.2, -0.15) is 0 Å². The van der Waals surface area contributed by atoms with Crippen LogP contribution < -0.4 is 0 Å². The highest BCUT2D eigenvalue weighted by molar-refractivity contribution is 6.16. The highest BCUT2D eigenvalue weighted by atomic mass is 35.5. The normalized spacial score (nSPS) is 35.4. The third-order valence-electron chi connectivity index (χ3n) is 3.31. The zero-order chi connectivity index (χ0) is 9.54. The summed E-state index contributed by atoms with van der Waals surface area (Å²) in [6.45, 7) is 0. The minimum Gasteiger partial charge on any atom is -0.373 e. The van der Waals surface area contributed by atoms with Crippen LogP contribution in [0.15, 0.2) is 12.5 Å². The number of rotatable bonds is 2. The van der Waals surface area contributed by atoms with Crippen LogP contribution in [0.3, 0.4) is 0 Å².